The first-order valence-corrected chi connectivity index (χ1v) is 8.63. The van der Waals surface area contributed by atoms with Crippen molar-refractivity contribution in [1.29, 1.82) is 0 Å². The van der Waals surface area contributed by atoms with Crippen LogP contribution in [0.2, 0.25) is 0 Å². The highest BCUT2D eigenvalue weighted by Crippen LogP contribution is 2.48. The summed E-state index contributed by atoms with van der Waals surface area (Å²) in [6.45, 7) is 1.60. The van der Waals surface area contributed by atoms with Gasteiger partial charge >= 0.3 is 18.1 Å². The Bertz CT molecular complexity index is 1090. The third-order valence-corrected chi connectivity index (χ3v) is 4.66. The average molecular weight is 425 g/mol. The summed E-state index contributed by atoms with van der Waals surface area (Å²) in [4.78, 5) is 11.9. The van der Waals surface area contributed by atoms with Gasteiger partial charge in [0, 0.05) is 17.4 Å². The molecule has 0 saturated carbocycles. The van der Waals surface area contributed by atoms with Crippen molar-refractivity contribution in [2.75, 3.05) is 7.11 Å². The molecular weight excluding hydrogens is 409 g/mol. The molecule has 0 spiro atoms. The monoisotopic (exact) mass is 425 g/mol. The van der Waals surface area contributed by atoms with E-state index in [1.165, 1.54) is 37.4 Å². The first kappa shape index (κ1) is 21.4. The van der Waals surface area contributed by atoms with E-state index < -0.39 is 29.3 Å². The van der Waals surface area contributed by atoms with Crippen molar-refractivity contribution >= 4 is 5.97 Å². The molecule has 0 saturated heterocycles. The van der Waals surface area contributed by atoms with E-state index in [-0.39, 0.29) is 16.8 Å². The summed E-state index contributed by atoms with van der Waals surface area (Å²) in [6, 6.07) is 11.5. The molecule has 0 aliphatic carbocycles. The highest BCUT2D eigenvalue weighted by Gasteiger charge is 2.62. The van der Waals surface area contributed by atoms with Gasteiger partial charge in [-0.15, -0.1) is 0 Å². The Morgan fingerprint density at radius 1 is 0.967 bits per heavy atom. The highest BCUT2D eigenvalue weighted by molar-refractivity contribution is 5.98. The predicted molar refractivity (Wildman–Crippen MR) is 99.4 cm³/mol. The standard InChI is InChI=1S/C21H16F5NO3/c1-12-5-3-4-6-15(12)16-11-27(13-7-9-14(30-2)10-8-13)18(17(16)19(28)29)20(22,23)21(24,25)26/h3-11H,1-2H3,(H,28,29). The lowest BCUT2D eigenvalue weighted by atomic mass is 9.97. The predicted octanol–water partition coefficient (Wildman–Crippen LogP) is 5.81. The summed E-state index contributed by atoms with van der Waals surface area (Å²) in [5.41, 5.74) is -2.32. The molecule has 0 aliphatic rings. The summed E-state index contributed by atoms with van der Waals surface area (Å²) in [5.74, 6) is -6.95. The van der Waals surface area contributed by atoms with Crippen molar-refractivity contribution in [3.8, 4) is 22.6 Å². The molecule has 0 radical (unpaired) electrons. The van der Waals surface area contributed by atoms with E-state index >= 15 is 0 Å². The molecule has 0 aliphatic heterocycles. The van der Waals surface area contributed by atoms with Crippen molar-refractivity contribution in [2.24, 2.45) is 0 Å². The molecule has 0 fully saturated rings. The van der Waals surface area contributed by atoms with Crippen LogP contribution in [0.25, 0.3) is 16.8 Å². The molecule has 4 nitrogen and oxygen atoms in total. The number of methoxy groups -OCH3 is 1. The highest BCUT2D eigenvalue weighted by atomic mass is 19.4. The van der Waals surface area contributed by atoms with E-state index in [0.29, 0.717) is 15.9 Å². The Morgan fingerprint density at radius 2 is 1.57 bits per heavy atom. The summed E-state index contributed by atoms with van der Waals surface area (Å²) in [6.07, 6.45) is -5.01. The lowest BCUT2D eigenvalue weighted by Gasteiger charge is -2.22. The van der Waals surface area contributed by atoms with Gasteiger partial charge in [-0.05, 0) is 42.3 Å². The lowest BCUT2D eigenvalue weighted by molar-refractivity contribution is -0.291. The number of hydrogen-bond acceptors (Lipinski definition) is 2. The maximum atomic E-state index is 14.6. The molecule has 3 aromatic rings. The lowest BCUT2D eigenvalue weighted by Crippen LogP contribution is -2.37. The molecule has 0 unspecified atom stereocenters. The quantitative estimate of drug-likeness (QED) is 0.525. The molecule has 158 valence electrons. The Hall–Kier alpha value is -3.36. The van der Waals surface area contributed by atoms with Gasteiger partial charge in [-0.1, -0.05) is 24.3 Å². The van der Waals surface area contributed by atoms with Crippen LogP contribution in [-0.4, -0.2) is 28.9 Å². The van der Waals surface area contributed by atoms with Crippen molar-refractivity contribution < 1.29 is 36.6 Å². The minimum absolute atomic E-state index is 0.0722. The van der Waals surface area contributed by atoms with Gasteiger partial charge in [0.1, 0.15) is 11.4 Å². The topological polar surface area (TPSA) is 51.5 Å². The smallest absolute Gasteiger partial charge is 0.459 e. The van der Waals surface area contributed by atoms with Crippen LogP contribution in [0.1, 0.15) is 21.6 Å². The van der Waals surface area contributed by atoms with Crippen molar-refractivity contribution in [1.82, 2.24) is 4.57 Å². The number of hydrogen-bond donors (Lipinski definition) is 1. The number of benzene rings is 2. The molecular formula is C21H16F5NO3. The fraction of sp³-hybridized carbons (Fsp3) is 0.190. The molecule has 3 rings (SSSR count). The molecule has 9 heteroatoms. The molecule has 1 aromatic heterocycles. The number of carboxylic acid groups (broad SMARTS) is 1. The first-order valence-electron chi connectivity index (χ1n) is 8.63. The number of aryl methyl sites for hydroxylation is 1. The second kappa shape index (κ2) is 7.47. The van der Waals surface area contributed by atoms with Gasteiger partial charge in [-0.3, -0.25) is 0 Å². The third-order valence-electron chi connectivity index (χ3n) is 4.66. The van der Waals surface area contributed by atoms with E-state index in [1.54, 1.807) is 25.1 Å². The third kappa shape index (κ3) is 3.51. The van der Waals surface area contributed by atoms with Gasteiger partial charge in [-0.25, -0.2) is 4.79 Å². The normalized spacial score (nSPS) is 12.1. The maximum absolute atomic E-state index is 14.6. The molecule has 30 heavy (non-hydrogen) atoms. The minimum atomic E-state index is -6.00. The fourth-order valence-electron chi connectivity index (χ4n) is 3.19. The van der Waals surface area contributed by atoms with Crippen LogP contribution in [0.5, 0.6) is 5.75 Å². The Morgan fingerprint density at radius 3 is 2.07 bits per heavy atom. The van der Waals surface area contributed by atoms with Crippen LogP contribution in [0, 0.1) is 6.92 Å². The number of carboxylic acids is 1. The first-order chi connectivity index (χ1) is 14.0. The summed E-state index contributed by atoms with van der Waals surface area (Å²) >= 11 is 0. The fourth-order valence-corrected chi connectivity index (χ4v) is 3.19. The average Bonchev–Trinajstić information content (AvgIpc) is 3.09. The van der Waals surface area contributed by atoms with E-state index in [9.17, 15) is 31.9 Å². The van der Waals surface area contributed by atoms with Crippen LogP contribution >= 0.6 is 0 Å². The van der Waals surface area contributed by atoms with E-state index in [0.717, 1.165) is 6.20 Å². The second-order valence-electron chi connectivity index (χ2n) is 6.53. The molecule has 0 bridgehead atoms. The number of alkyl halides is 5. The molecule has 0 amide bonds. The van der Waals surface area contributed by atoms with Gasteiger partial charge in [0.15, 0.2) is 0 Å². The number of aromatic nitrogens is 1. The van der Waals surface area contributed by atoms with Crippen LogP contribution < -0.4 is 4.74 Å². The Balaban J connectivity index is 2.42. The van der Waals surface area contributed by atoms with Crippen LogP contribution in [0.3, 0.4) is 0 Å². The Labute approximate surface area is 168 Å². The molecule has 1 heterocycles. The number of carbonyl (C=O) groups is 1. The van der Waals surface area contributed by atoms with Crippen LogP contribution in [0.4, 0.5) is 22.0 Å². The minimum Gasteiger partial charge on any atom is -0.497 e. The number of halogens is 5. The van der Waals surface area contributed by atoms with Crippen LogP contribution in [0.15, 0.2) is 54.7 Å². The van der Waals surface area contributed by atoms with E-state index in [2.05, 4.69) is 0 Å². The number of aromatic carboxylic acids is 1. The van der Waals surface area contributed by atoms with Crippen LogP contribution in [-0.2, 0) is 5.92 Å². The van der Waals surface area contributed by atoms with Gasteiger partial charge in [0.25, 0.3) is 0 Å². The van der Waals surface area contributed by atoms with Crippen molar-refractivity contribution in [3.63, 3.8) is 0 Å². The number of ether oxygens (including phenoxy) is 1. The Kier molecular flexibility index (Phi) is 5.32. The SMILES string of the molecule is COc1ccc(-n2cc(-c3ccccc3C)c(C(=O)O)c2C(F)(F)C(F)(F)F)cc1. The van der Waals surface area contributed by atoms with Crippen molar-refractivity contribution in [2.45, 2.75) is 19.0 Å². The van der Waals surface area contributed by atoms with Gasteiger partial charge < -0.3 is 14.4 Å². The summed E-state index contributed by atoms with van der Waals surface area (Å²) in [5, 5.41) is 9.64. The summed E-state index contributed by atoms with van der Waals surface area (Å²) < 4.78 is 74.6. The van der Waals surface area contributed by atoms with Gasteiger partial charge in [-0.2, -0.15) is 22.0 Å². The number of nitrogens with zero attached hydrogens (tertiary/aromatic N) is 1. The molecule has 1 N–H and O–H groups in total. The van der Waals surface area contributed by atoms with E-state index in [4.69, 9.17) is 4.74 Å². The van der Waals surface area contributed by atoms with E-state index in [1.807, 2.05) is 0 Å². The largest absolute Gasteiger partial charge is 0.497 e. The zero-order chi connectivity index (χ0) is 22.3. The molecule has 0 atom stereocenters. The number of rotatable bonds is 5. The van der Waals surface area contributed by atoms with Crippen molar-refractivity contribution in [3.05, 3.63) is 71.5 Å². The second-order valence-corrected chi connectivity index (χ2v) is 6.53. The molecule has 2 aromatic carbocycles. The zero-order valence-electron chi connectivity index (χ0n) is 15.8. The zero-order valence-corrected chi connectivity index (χ0v) is 15.8. The summed E-state index contributed by atoms with van der Waals surface area (Å²) in [7, 11) is 1.37. The van der Waals surface area contributed by atoms with Gasteiger partial charge in [0.2, 0.25) is 0 Å². The van der Waals surface area contributed by atoms with Gasteiger partial charge in [0.05, 0.1) is 12.7 Å². The maximum Gasteiger partial charge on any atom is 0.459 e.